The summed E-state index contributed by atoms with van der Waals surface area (Å²) in [4.78, 5) is 36.5. The van der Waals surface area contributed by atoms with E-state index in [2.05, 4.69) is 15.4 Å². The quantitative estimate of drug-likeness (QED) is 0.815. The van der Waals surface area contributed by atoms with Crippen LogP contribution in [-0.2, 0) is 14.3 Å². The molecule has 1 aliphatic rings. The Morgan fingerprint density at radius 3 is 2.50 bits per heavy atom. The first-order valence-corrected chi connectivity index (χ1v) is 7.68. The highest BCUT2D eigenvalue weighted by Crippen LogP contribution is 2.17. The topological polar surface area (TPSA) is 87.7 Å². The van der Waals surface area contributed by atoms with Crippen LogP contribution in [0.15, 0.2) is 24.3 Å². The van der Waals surface area contributed by atoms with Crippen LogP contribution in [0.4, 0.5) is 14.9 Å². The highest BCUT2D eigenvalue weighted by atomic mass is 19.1. The van der Waals surface area contributed by atoms with Crippen LogP contribution in [0.3, 0.4) is 0 Å². The Labute approximate surface area is 139 Å². The Balaban J connectivity index is 1.74. The number of methoxy groups -OCH3 is 1. The zero-order chi connectivity index (χ0) is 17.5. The van der Waals surface area contributed by atoms with Crippen LogP contribution in [0.25, 0.3) is 0 Å². The maximum Gasteiger partial charge on any atom is 0.409 e. The highest BCUT2D eigenvalue weighted by Gasteiger charge is 2.24. The fourth-order valence-corrected chi connectivity index (χ4v) is 2.51. The smallest absolute Gasteiger partial charge is 0.409 e. The van der Waals surface area contributed by atoms with Gasteiger partial charge in [0.05, 0.1) is 12.8 Å². The van der Waals surface area contributed by atoms with Crippen molar-refractivity contribution < 1.29 is 23.5 Å². The average Bonchev–Trinajstić information content (AvgIpc) is 2.61. The number of halogens is 1. The largest absolute Gasteiger partial charge is 0.453 e. The molecule has 0 aromatic heterocycles. The number of amides is 3. The van der Waals surface area contributed by atoms with Crippen LogP contribution in [-0.4, -0.2) is 49.6 Å². The zero-order valence-electron chi connectivity index (χ0n) is 13.4. The lowest BCUT2D eigenvalue weighted by molar-refractivity contribution is -0.136. The van der Waals surface area contributed by atoms with Crippen LogP contribution in [0.1, 0.15) is 12.8 Å². The predicted molar refractivity (Wildman–Crippen MR) is 84.7 cm³/mol. The van der Waals surface area contributed by atoms with Gasteiger partial charge in [0.2, 0.25) is 0 Å². The van der Waals surface area contributed by atoms with Crippen LogP contribution in [0, 0.1) is 11.7 Å². The number of hydrogen-bond donors (Lipinski definition) is 2. The SMILES string of the molecule is COC(=O)N1CCC(CNC(=O)C(=O)Nc2ccccc2F)CC1. The van der Waals surface area contributed by atoms with Crippen molar-refractivity contribution in [2.75, 3.05) is 32.1 Å². The summed E-state index contributed by atoms with van der Waals surface area (Å²) in [5, 5.41) is 4.77. The van der Waals surface area contributed by atoms with Crippen LogP contribution in [0.2, 0.25) is 0 Å². The molecule has 1 aromatic carbocycles. The summed E-state index contributed by atoms with van der Waals surface area (Å²) in [7, 11) is 1.34. The standard InChI is InChI=1S/C16H20FN3O4/c1-24-16(23)20-8-6-11(7-9-20)10-18-14(21)15(22)19-13-5-3-2-4-12(13)17/h2-5,11H,6-10H2,1H3,(H,18,21)(H,19,22). The van der Waals surface area contributed by atoms with Gasteiger partial charge < -0.3 is 20.3 Å². The Hall–Kier alpha value is -2.64. The summed E-state index contributed by atoms with van der Waals surface area (Å²) in [5.74, 6) is -2.15. The molecule has 3 amide bonds. The number of likely N-dealkylation sites (tertiary alicyclic amines) is 1. The van der Waals surface area contributed by atoms with Crippen molar-refractivity contribution >= 4 is 23.6 Å². The maximum absolute atomic E-state index is 13.4. The number of ether oxygens (including phenoxy) is 1. The highest BCUT2D eigenvalue weighted by molar-refractivity contribution is 6.39. The molecule has 1 aliphatic heterocycles. The number of para-hydroxylation sites is 1. The van der Waals surface area contributed by atoms with Crippen molar-refractivity contribution in [3.8, 4) is 0 Å². The van der Waals surface area contributed by atoms with E-state index in [4.69, 9.17) is 0 Å². The minimum Gasteiger partial charge on any atom is -0.453 e. The van der Waals surface area contributed by atoms with E-state index >= 15 is 0 Å². The number of nitrogens with zero attached hydrogens (tertiary/aromatic N) is 1. The van der Waals surface area contributed by atoms with Crippen molar-refractivity contribution in [1.29, 1.82) is 0 Å². The van der Waals surface area contributed by atoms with Gasteiger partial charge in [-0.3, -0.25) is 9.59 Å². The van der Waals surface area contributed by atoms with Gasteiger partial charge in [-0.1, -0.05) is 12.1 Å². The number of piperidine rings is 1. The molecule has 130 valence electrons. The molecular formula is C16H20FN3O4. The van der Waals surface area contributed by atoms with E-state index < -0.39 is 17.6 Å². The molecule has 0 atom stereocenters. The number of carbonyl (C=O) groups excluding carboxylic acids is 3. The average molecular weight is 337 g/mol. The third kappa shape index (κ3) is 4.68. The first kappa shape index (κ1) is 17.7. The van der Waals surface area contributed by atoms with Crippen molar-refractivity contribution in [2.45, 2.75) is 12.8 Å². The summed E-state index contributed by atoms with van der Waals surface area (Å²) < 4.78 is 18.1. The molecule has 7 nitrogen and oxygen atoms in total. The van der Waals surface area contributed by atoms with Gasteiger partial charge in [-0.15, -0.1) is 0 Å². The Morgan fingerprint density at radius 1 is 1.21 bits per heavy atom. The van der Waals surface area contributed by atoms with Crippen LogP contribution in [0.5, 0.6) is 0 Å². The molecule has 0 saturated carbocycles. The van der Waals surface area contributed by atoms with E-state index in [-0.39, 0.29) is 17.7 Å². The third-order valence-corrected chi connectivity index (χ3v) is 3.93. The third-order valence-electron chi connectivity index (χ3n) is 3.93. The Kier molecular flexibility index (Phi) is 6.11. The van der Waals surface area contributed by atoms with Crippen molar-refractivity contribution in [1.82, 2.24) is 10.2 Å². The van der Waals surface area contributed by atoms with Gasteiger partial charge in [-0.2, -0.15) is 0 Å². The maximum atomic E-state index is 13.4. The number of anilines is 1. The second kappa shape index (κ2) is 8.28. The fourth-order valence-electron chi connectivity index (χ4n) is 2.51. The summed E-state index contributed by atoms with van der Waals surface area (Å²) in [6.45, 7) is 1.43. The molecule has 1 fully saturated rings. The molecule has 2 rings (SSSR count). The molecule has 0 radical (unpaired) electrons. The molecule has 0 unspecified atom stereocenters. The molecule has 1 saturated heterocycles. The fraction of sp³-hybridized carbons (Fsp3) is 0.438. The van der Waals surface area contributed by atoms with Crippen molar-refractivity contribution in [2.24, 2.45) is 5.92 Å². The molecule has 0 bridgehead atoms. The van der Waals surface area contributed by atoms with E-state index in [1.54, 1.807) is 11.0 Å². The van der Waals surface area contributed by atoms with E-state index in [1.807, 2.05) is 0 Å². The lowest BCUT2D eigenvalue weighted by atomic mass is 9.97. The zero-order valence-corrected chi connectivity index (χ0v) is 13.4. The first-order valence-electron chi connectivity index (χ1n) is 7.68. The number of hydrogen-bond acceptors (Lipinski definition) is 4. The lowest BCUT2D eigenvalue weighted by Crippen LogP contribution is -2.43. The summed E-state index contributed by atoms with van der Waals surface area (Å²) >= 11 is 0. The van der Waals surface area contributed by atoms with Gasteiger partial charge in [0.15, 0.2) is 0 Å². The number of carbonyl (C=O) groups is 3. The normalized spacial score (nSPS) is 14.8. The summed E-state index contributed by atoms with van der Waals surface area (Å²) in [6.07, 6.45) is 1.07. The van der Waals surface area contributed by atoms with Crippen LogP contribution >= 0.6 is 0 Å². The van der Waals surface area contributed by atoms with Gasteiger partial charge in [-0.25, -0.2) is 9.18 Å². The van der Waals surface area contributed by atoms with Gasteiger partial charge in [0.25, 0.3) is 0 Å². The second-order valence-corrected chi connectivity index (χ2v) is 5.54. The van der Waals surface area contributed by atoms with E-state index in [9.17, 15) is 18.8 Å². The minimum atomic E-state index is -0.910. The van der Waals surface area contributed by atoms with Gasteiger partial charge in [-0.05, 0) is 30.9 Å². The van der Waals surface area contributed by atoms with Gasteiger partial charge >= 0.3 is 17.9 Å². The number of nitrogens with one attached hydrogen (secondary N) is 2. The van der Waals surface area contributed by atoms with Gasteiger partial charge in [0, 0.05) is 19.6 Å². The first-order chi connectivity index (χ1) is 11.5. The predicted octanol–water partition coefficient (Wildman–Crippen LogP) is 1.36. The van der Waals surface area contributed by atoms with Crippen molar-refractivity contribution in [3.63, 3.8) is 0 Å². The van der Waals surface area contributed by atoms with E-state index in [0.29, 0.717) is 32.5 Å². The minimum absolute atomic E-state index is 0.0379. The molecule has 0 spiro atoms. The van der Waals surface area contributed by atoms with E-state index in [0.717, 1.165) is 0 Å². The van der Waals surface area contributed by atoms with Crippen molar-refractivity contribution in [3.05, 3.63) is 30.1 Å². The van der Waals surface area contributed by atoms with Gasteiger partial charge in [0.1, 0.15) is 5.82 Å². The van der Waals surface area contributed by atoms with Crippen LogP contribution < -0.4 is 10.6 Å². The Morgan fingerprint density at radius 2 is 1.88 bits per heavy atom. The lowest BCUT2D eigenvalue weighted by Gasteiger charge is -2.30. The molecule has 1 aromatic rings. The number of rotatable bonds is 3. The molecular weight excluding hydrogens is 317 g/mol. The Bertz CT molecular complexity index is 615. The molecule has 0 aliphatic carbocycles. The summed E-state index contributed by atoms with van der Waals surface area (Å²) in [5.41, 5.74) is -0.0379. The molecule has 1 heterocycles. The molecule has 8 heteroatoms. The number of benzene rings is 1. The summed E-state index contributed by atoms with van der Waals surface area (Å²) in [6, 6.07) is 5.63. The molecule has 2 N–H and O–H groups in total. The monoisotopic (exact) mass is 337 g/mol. The molecule has 24 heavy (non-hydrogen) atoms. The second-order valence-electron chi connectivity index (χ2n) is 5.54. The van der Waals surface area contributed by atoms with E-state index in [1.165, 1.54) is 25.3 Å².